The van der Waals surface area contributed by atoms with E-state index in [2.05, 4.69) is 15.5 Å². The van der Waals surface area contributed by atoms with Gasteiger partial charge in [-0.05, 0) is 35.4 Å². The van der Waals surface area contributed by atoms with E-state index in [4.69, 9.17) is 9.47 Å². The molecule has 13 heteroatoms. The van der Waals surface area contributed by atoms with Gasteiger partial charge >= 0.3 is 12.3 Å². The summed E-state index contributed by atoms with van der Waals surface area (Å²) in [7, 11) is 1.50. The maximum absolute atomic E-state index is 14.3. The molecule has 1 N–H and O–H groups in total. The van der Waals surface area contributed by atoms with Crippen LogP contribution in [0.1, 0.15) is 58.5 Å². The molecule has 0 aliphatic carbocycles. The molecule has 212 valence electrons. The molecule has 40 heavy (non-hydrogen) atoms. The number of carbonyl (C=O) groups excluding carboxylic acids is 2. The summed E-state index contributed by atoms with van der Waals surface area (Å²) in [5.41, 5.74) is -1.08. The van der Waals surface area contributed by atoms with Gasteiger partial charge in [0.25, 0.3) is 12.4 Å². The lowest BCUT2D eigenvalue weighted by molar-refractivity contribution is -0.142. The first-order valence-corrected chi connectivity index (χ1v) is 12.6. The highest BCUT2D eigenvalue weighted by Crippen LogP contribution is 2.46. The minimum absolute atomic E-state index is 0.00419. The van der Waals surface area contributed by atoms with Gasteiger partial charge in [0.05, 0.1) is 18.8 Å². The van der Waals surface area contributed by atoms with Gasteiger partial charge in [0.2, 0.25) is 6.23 Å². The third kappa shape index (κ3) is 4.83. The molecule has 0 unspecified atom stereocenters. The number of alkyl halides is 3. The number of hydrogen-bond acceptors (Lipinski definition) is 7. The highest BCUT2D eigenvalue weighted by Gasteiger charge is 2.48. The maximum Gasteiger partial charge on any atom is 0.416 e. The lowest BCUT2D eigenvalue weighted by atomic mass is 9.75. The molecular weight excluding hydrogens is 534 g/mol. The standard InChI is InChI=1S/C27H27F4N5O4/c1-15(2)32-11-16-7-19-22(20(8-16)27(29,30)31)24(40-14-37)36(23(19)38)18-6-4-5-17(9-18)26(12-39-13-26)10-21-33-34-25(28)35(21)3/h4-9,14-15,24,32H,10-13H2,1-3H3/t24-/m1/s1. The van der Waals surface area contributed by atoms with E-state index in [1.807, 2.05) is 13.8 Å². The number of fused-ring (bicyclic) bond motifs is 1. The molecule has 0 bridgehead atoms. The van der Waals surface area contributed by atoms with Gasteiger partial charge in [-0.1, -0.05) is 31.1 Å². The zero-order valence-corrected chi connectivity index (χ0v) is 22.0. The molecule has 5 rings (SSSR count). The number of nitrogens with zero attached hydrogens (tertiary/aromatic N) is 4. The second-order valence-corrected chi connectivity index (χ2v) is 10.3. The van der Waals surface area contributed by atoms with Crippen molar-refractivity contribution >= 4 is 18.1 Å². The Morgan fingerprint density at radius 1 is 1.23 bits per heavy atom. The second kappa shape index (κ2) is 10.3. The minimum atomic E-state index is -4.81. The molecule has 0 saturated carbocycles. The van der Waals surface area contributed by atoms with Crippen LogP contribution in [-0.2, 0) is 45.9 Å². The number of carbonyl (C=O) groups is 2. The zero-order valence-electron chi connectivity index (χ0n) is 22.0. The van der Waals surface area contributed by atoms with E-state index >= 15 is 0 Å². The predicted molar refractivity (Wildman–Crippen MR) is 134 cm³/mol. The summed E-state index contributed by atoms with van der Waals surface area (Å²) in [5.74, 6) is -0.347. The third-order valence-corrected chi connectivity index (χ3v) is 7.28. The molecule has 3 heterocycles. The Morgan fingerprint density at radius 3 is 2.55 bits per heavy atom. The summed E-state index contributed by atoms with van der Waals surface area (Å²) in [6.07, 6.45) is -6.90. The number of halogens is 4. The maximum atomic E-state index is 14.3. The smallest absolute Gasteiger partial charge is 0.416 e. The minimum Gasteiger partial charge on any atom is -0.439 e. The van der Waals surface area contributed by atoms with Crippen LogP contribution in [0.2, 0.25) is 0 Å². The van der Waals surface area contributed by atoms with E-state index < -0.39 is 40.9 Å². The van der Waals surface area contributed by atoms with Gasteiger partial charge in [0, 0.05) is 48.3 Å². The number of aromatic nitrogens is 3. The van der Waals surface area contributed by atoms with Crippen molar-refractivity contribution in [1.29, 1.82) is 0 Å². The highest BCUT2D eigenvalue weighted by molar-refractivity contribution is 6.11. The molecule has 2 aliphatic heterocycles. The average Bonchev–Trinajstić information content (AvgIpc) is 3.34. The largest absolute Gasteiger partial charge is 0.439 e. The van der Waals surface area contributed by atoms with Crippen molar-refractivity contribution < 1.29 is 36.6 Å². The summed E-state index contributed by atoms with van der Waals surface area (Å²) in [6.45, 7) is 4.40. The summed E-state index contributed by atoms with van der Waals surface area (Å²) >= 11 is 0. The van der Waals surface area contributed by atoms with Gasteiger partial charge in [-0.3, -0.25) is 19.1 Å². The molecule has 3 aromatic rings. The predicted octanol–water partition coefficient (Wildman–Crippen LogP) is 3.81. The Kier molecular flexibility index (Phi) is 7.13. The second-order valence-electron chi connectivity index (χ2n) is 10.3. The Hall–Kier alpha value is -3.84. The molecule has 2 aliphatic rings. The molecule has 1 atom stereocenters. The van der Waals surface area contributed by atoms with Gasteiger partial charge in [0.1, 0.15) is 5.82 Å². The lowest BCUT2D eigenvalue weighted by Crippen LogP contribution is -2.49. The van der Waals surface area contributed by atoms with Crippen molar-refractivity contribution in [3.63, 3.8) is 0 Å². The Bertz CT molecular complexity index is 1450. The van der Waals surface area contributed by atoms with E-state index in [1.54, 1.807) is 24.3 Å². The number of hydrogen-bond donors (Lipinski definition) is 1. The van der Waals surface area contributed by atoms with Crippen molar-refractivity contribution in [3.8, 4) is 0 Å². The lowest BCUT2D eigenvalue weighted by Gasteiger charge is -2.42. The number of nitrogens with one attached hydrogen (secondary N) is 1. The fraction of sp³-hybridized carbons (Fsp3) is 0.407. The monoisotopic (exact) mass is 561 g/mol. The van der Waals surface area contributed by atoms with Crippen LogP contribution >= 0.6 is 0 Å². The molecule has 1 aromatic heterocycles. The Balaban J connectivity index is 1.57. The molecule has 9 nitrogen and oxygen atoms in total. The van der Waals surface area contributed by atoms with Crippen molar-refractivity contribution in [2.24, 2.45) is 7.05 Å². The molecule has 1 saturated heterocycles. The van der Waals surface area contributed by atoms with Crippen LogP contribution in [0.5, 0.6) is 0 Å². The van der Waals surface area contributed by atoms with Crippen LogP contribution in [0.3, 0.4) is 0 Å². The summed E-state index contributed by atoms with van der Waals surface area (Å²) in [4.78, 5) is 26.2. The summed E-state index contributed by atoms with van der Waals surface area (Å²) in [5, 5.41) is 10.4. The highest BCUT2D eigenvalue weighted by atomic mass is 19.4. The van der Waals surface area contributed by atoms with Crippen LogP contribution in [0.15, 0.2) is 36.4 Å². The first kappa shape index (κ1) is 27.7. The van der Waals surface area contributed by atoms with E-state index in [1.165, 1.54) is 17.7 Å². The number of ether oxygens (including phenoxy) is 2. The number of rotatable bonds is 9. The quantitative estimate of drug-likeness (QED) is 0.313. The first-order chi connectivity index (χ1) is 18.9. The zero-order chi connectivity index (χ0) is 28.8. The normalized spacial score (nSPS) is 18.1. The van der Waals surface area contributed by atoms with Gasteiger partial charge in [0.15, 0.2) is 0 Å². The SMILES string of the molecule is CC(C)NCc1cc2c(c(C(F)(F)F)c1)[C@@H](OC=O)N(c1cccc(C3(Cc4nnc(F)n4C)COC3)c1)C2=O. The number of benzene rings is 2. The number of anilines is 1. The van der Waals surface area contributed by atoms with Gasteiger partial charge in [-0.25, -0.2) is 0 Å². The van der Waals surface area contributed by atoms with Crippen LogP contribution in [-0.4, -0.2) is 46.4 Å². The molecule has 1 amide bonds. The molecule has 0 radical (unpaired) electrons. The van der Waals surface area contributed by atoms with Crippen molar-refractivity contribution in [1.82, 2.24) is 20.1 Å². The van der Waals surface area contributed by atoms with Crippen LogP contribution in [0.25, 0.3) is 0 Å². The molecular formula is C27H27F4N5O4. The molecule has 0 spiro atoms. The average molecular weight is 562 g/mol. The summed E-state index contributed by atoms with van der Waals surface area (Å²) in [6, 6.07) is 9.02. The van der Waals surface area contributed by atoms with Crippen molar-refractivity contribution in [2.45, 2.75) is 50.7 Å². The third-order valence-electron chi connectivity index (χ3n) is 7.28. The van der Waals surface area contributed by atoms with Crippen LogP contribution < -0.4 is 10.2 Å². The van der Waals surface area contributed by atoms with Gasteiger partial charge < -0.3 is 14.8 Å². The number of amides is 1. The van der Waals surface area contributed by atoms with E-state index in [-0.39, 0.29) is 55.5 Å². The fourth-order valence-electron chi connectivity index (χ4n) is 5.12. The summed E-state index contributed by atoms with van der Waals surface area (Å²) < 4.78 is 68.4. The first-order valence-electron chi connectivity index (χ1n) is 12.6. The fourth-order valence-corrected chi connectivity index (χ4v) is 5.12. The molecule has 1 fully saturated rings. The van der Waals surface area contributed by atoms with E-state index in [9.17, 15) is 27.2 Å². The van der Waals surface area contributed by atoms with Gasteiger partial charge in [-0.15, -0.1) is 5.10 Å². The van der Waals surface area contributed by atoms with E-state index in [0.717, 1.165) is 11.0 Å². The Morgan fingerprint density at radius 2 is 1.98 bits per heavy atom. The Labute approximate surface area is 227 Å². The van der Waals surface area contributed by atoms with Crippen molar-refractivity contribution in [2.75, 3.05) is 18.1 Å². The van der Waals surface area contributed by atoms with Crippen LogP contribution in [0, 0.1) is 6.08 Å². The van der Waals surface area contributed by atoms with Crippen LogP contribution in [0.4, 0.5) is 23.2 Å². The van der Waals surface area contributed by atoms with E-state index in [0.29, 0.717) is 11.4 Å². The topological polar surface area (TPSA) is 98.6 Å². The molecule has 2 aromatic carbocycles. The van der Waals surface area contributed by atoms with Crippen molar-refractivity contribution in [3.05, 3.63) is 76.1 Å². The van der Waals surface area contributed by atoms with Gasteiger partial charge in [-0.2, -0.15) is 17.6 Å².